The standard InChI is InChI=1S/C10H14FN3/c1-6-3-8(6)4-12-10-9(11)7(2)13-5-14-10/h5-6,8H,3-4H2,1-2H3,(H,12,13,14). The Balaban J connectivity index is 1.98. The molecule has 1 heterocycles. The van der Waals surface area contributed by atoms with Crippen molar-refractivity contribution in [1.82, 2.24) is 9.97 Å². The summed E-state index contributed by atoms with van der Waals surface area (Å²) in [4.78, 5) is 7.64. The van der Waals surface area contributed by atoms with E-state index in [2.05, 4.69) is 22.2 Å². The Hall–Kier alpha value is -1.19. The molecule has 2 atom stereocenters. The first-order valence-corrected chi connectivity index (χ1v) is 4.89. The van der Waals surface area contributed by atoms with Gasteiger partial charge in [-0.3, -0.25) is 0 Å². The minimum absolute atomic E-state index is 0.330. The Labute approximate surface area is 82.8 Å². The highest BCUT2D eigenvalue weighted by atomic mass is 19.1. The maximum atomic E-state index is 13.4. The fourth-order valence-corrected chi connectivity index (χ4v) is 1.49. The van der Waals surface area contributed by atoms with Crippen LogP contribution in [0.5, 0.6) is 0 Å². The van der Waals surface area contributed by atoms with E-state index in [1.54, 1.807) is 6.92 Å². The molecule has 3 nitrogen and oxygen atoms in total. The average Bonchev–Trinajstić information content (AvgIpc) is 2.85. The van der Waals surface area contributed by atoms with Crippen LogP contribution < -0.4 is 5.32 Å². The average molecular weight is 195 g/mol. The molecule has 4 heteroatoms. The predicted octanol–water partition coefficient (Wildman–Crippen LogP) is 1.99. The summed E-state index contributed by atoms with van der Waals surface area (Å²) in [6.07, 6.45) is 2.62. The summed E-state index contributed by atoms with van der Waals surface area (Å²) in [7, 11) is 0. The van der Waals surface area contributed by atoms with Crippen molar-refractivity contribution in [1.29, 1.82) is 0 Å². The Morgan fingerprint density at radius 1 is 1.57 bits per heavy atom. The summed E-state index contributed by atoms with van der Waals surface area (Å²) < 4.78 is 13.4. The molecule has 76 valence electrons. The number of hydrogen-bond acceptors (Lipinski definition) is 3. The molecule has 14 heavy (non-hydrogen) atoms. The van der Waals surface area contributed by atoms with Crippen LogP contribution in [0, 0.1) is 24.6 Å². The molecule has 1 aliphatic carbocycles. The summed E-state index contributed by atoms with van der Waals surface area (Å²) in [6.45, 7) is 4.66. The van der Waals surface area contributed by atoms with Gasteiger partial charge in [0.2, 0.25) is 0 Å². The van der Waals surface area contributed by atoms with Crippen molar-refractivity contribution in [3.63, 3.8) is 0 Å². The number of halogens is 1. The number of rotatable bonds is 3. The lowest BCUT2D eigenvalue weighted by Crippen LogP contribution is -2.09. The second-order valence-electron chi connectivity index (χ2n) is 3.98. The van der Waals surface area contributed by atoms with Gasteiger partial charge in [0, 0.05) is 6.54 Å². The summed E-state index contributed by atoms with van der Waals surface area (Å²) in [5.41, 5.74) is 0.395. The van der Waals surface area contributed by atoms with Crippen LogP contribution in [0.15, 0.2) is 6.33 Å². The zero-order chi connectivity index (χ0) is 10.1. The monoisotopic (exact) mass is 195 g/mol. The minimum atomic E-state index is -0.333. The number of aryl methyl sites for hydroxylation is 1. The zero-order valence-corrected chi connectivity index (χ0v) is 8.42. The molecule has 1 aromatic heterocycles. The molecule has 1 saturated carbocycles. The van der Waals surface area contributed by atoms with Gasteiger partial charge in [-0.1, -0.05) is 6.92 Å². The number of nitrogens with one attached hydrogen (secondary N) is 1. The molecule has 0 radical (unpaired) electrons. The molecular formula is C10H14FN3. The largest absolute Gasteiger partial charge is 0.367 e. The highest BCUT2D eigenvalue weighted by Gasteiger charge is 2.32. The first-order chi connectivity index (χ1) is 6.68. The molecule has 1 aliphatic rings. The molecule has 0 bridgehead atoms. The van der Waals surface area contributed by atoms with Gasteiger partial charge >= 0.3 is 0 Å². The molecule has 0 saturated heterocycles. The van der Waals surface area contributed by atoms with E-state index < -0.39 is 0 Å². The molecule has 0 aromatic carbocycles. The van der Waals surface area contributed by atoms with Crippen molar-refractivity contribution in [3.8, 4) is 0 Å². The molecule has 0 spiro atoms. The molecule has 1 aromatic rings. The van der Waals surface area contributed by atoms with Crippen molar-refractivity contribution in [2.24, 2.45) is 11.8 Å². The second-order valence-corrected chi connectivity index (χ2v) is 3.98. The number of nitrogens with zero attached hydrogens (tertiary/aromatic N) is 2. The summed E-state index contributed by atoms with van der Waals surface area (Å²) in [5, 5.41) is 3.02. The van der Waals surface area contributed by atoms with E-state index >= 15 is 0 Å². The Morgan fingerprint density at radius 2 is 2.29 bits per heavy atom. The summed E-state index contributed by atoms with van der Waals surface area (Å²) in [6, 6.07) is 0. The van der Waals surface area contributed by atoms with E-state index in [1.165, 1.54) is 12.7 Å². The van der Waals surface area contributed by atoms with Crippen LogP contribution in [0.25, 0.3) is 0 Å². The van der Waals surface area contributed by atoms with E-state index in [-0.39, 0.29) is 5.82 Å². The van der Waals surface area contributed by atoms with Crippen LogP contribution in [-0.2, 0) is 0 Å². The smallest absolute Gasteiger partial charge is 0.186 e. The first kappa shape index (κ1) is 9.37. The van der Waals surface area contributed by atoms with Crippen LogP contribution in [0.2, 0.25) is 0 Å². The third-order valence-electron chi connectivity index (χ3n) is 2.77. The van der Waals surface area contributed by atoms with Gasteiger partial charge in [-0.05, 0) is 25.2 Å². The molecule has 2 rings (SSSR count). The minimum Gasteiger partial charge on any atom is -0.367 e. The van der Waals surface area contributed by atoms with Gasteiger partial charge in [0.05, 0.1) is 5.69 Å². The van der Waals surface area contributed by atoms with Crippen LogP contribution in [0.4, 0.5) is 10.2 Å². The number of aromatic nitrogens is 2. The Bertz CT molecular complexity index is 340. The lowest BCUT2D eigenvalue weighted by molar-refractivity contribution is 0.603. The quantitative estimate of drug-likeness (QED) is 0.801. The second kappa shape index (κ2) is 3.52. The zero-order valence-electron chi connectivity index (χ0n) is 8.42. The van der Waals surface area contributed by atoms with Crippen LogP contribution >= 0.6 is 0 Å². The van der Waals surface area contributed by atoms with E-state index in [1.807, 2.05) is 0 Å². The molecule has 0 amide bonds. The lowest BCUT2D eigenvalue weighted by atomic mass is 10.3. The van der Waals surface area contributed by atoms with Crippen molar-refractivity contribution in [2.75, 3.05) is 11.9 Å². The maximum Gasteiger partial charge on any atom is 0.186 e. The van der Waals surface area contributed by atoms with Crippen molar-refractivity contribution in [3.05, 3.63) is 17.8 Å². The van der Waals surface area contributed by atoms with E-state index in [0.717, 1.165) is 12.5 Å². The predicted molar refractivity (Wildman–Crippen MR) is 52.5 cm³/mol. The molecular weight excluding hydrogens is 181 g/mol. The third kappa shape index (κ3) is 1.84. The van der Waals surface area contributed by atoms with Crippen LogP contribution in [-0.4, -0.2) is 16.5 Å². The molecule has 1 fully saturated rings. The van der Waals surface area contributed by atoms with Crippen molar-refractivity contribution >= 4 is 5.82 Å². The summed E-state index contributed by atoms with van der Waals surface area (Å²) in [5.74, 6) is 1.45. The highest BCUT2D eigenvalue weighted by molar-refractivity contribution is 5.37. The highest BCUT2D eigenvalue weighted by Crippen LogP contribution is 2.37. The van der Waals surface area contributed by atoms with Crippen LogP contribution in [0.3, 0.4) is 0 Å². The van der Waals surface area contributed by atoms with Gasteiger partial charge < -0.3 is 5.32 Å². The van der Waals surface area contributed by atoms with Gasteiger partial charge in [-0.2, -0.15) is 0 Å². The van der Waals surface area contributed by atoms with Gasteiger partial charge in [0.1, 0.15) is 6.33 Å². The maximum absolute atomic E-state index is 13.4. The van der Waals surface area contributed by atoms with E-state index in [0.29, 0.717) is 17.4 Å². The molecule has 1 N–H and O–H groups in total. The van der Waals surface area contributed by atoms with Gasteiger partial charge in [-0.15, -0.1) is 0 Å². The number of anilines is 1. The third-order valence-corrected chi connectivity index (χ3v) is 2.77. The Morgan fingerprint density at radius 3 is 2.93 bits per heavy atom. The fourth-order valence-electron chi connectivity index (χ4n) is 1.49. The van der Waals surface area contributed by atoms with Crippen molar-refractivity contribution in [2.45, 2.75) is 20.3 Å². The van der Waals surface area contributed by atoms with Crippen molar-refractivity contribution < 1.29 is 4.39 Å². The molecule has 2 unspecified atom stereocenters. The van der Waals surface area contributed by atoms with E-state index in [4.69, 9.17) is 0 Å². The SMILES string of the molecule is Cc1ncnc(NCC2CC2C)c1F. The topological polar surface area (TPSA) is 37.8 Å². The fraction of sp³-hybridized carbons (Fsp3) is 0.600. The van der Waals surface area contributed by atoms with Crippen LogP contribution in [0.1, 0.15) is 19.0 Å². The van der Waals surface area contributed by atoms with Gasteiger partial charge in [0.25, 0.3) is 0 Å². The first-order valence-electron chi connectivity index (χ1n) is 4.89. The van der Waals surface area contributed by atoms with Gasteiger partial charge in [0.15, 0.2) is 11.6 Å². The lowest BCUT2D eigenvalue weighted by Gasteiger charge is -2.06. The summed E-state index contributed by atoms with van der Waals surface area (Å²) >= 11 is 0. The molecule has 0 aliphatic heterocycles. The van der Waals surface area contributed by atoms with Gasteiger partial charge in [-0.25, -0.2) is 14.4 Å². The Kier molecular flexibility index (Phi) is 2.35. The van der Waals surface area contributed by atoms with E-state index in [9.17, 15) is 4.39 Å². The number of hydrogen-bond donors (Lipinski definition) is 1. The normalized spacial score (nSPS) is 24.8.